The van der Waals surface area contributed by atoms with Gasteiger partial charge in [0, 0.05) is 0 Å². The first kappa shape index (κ1) is 16.8. The van der Waals surface area contributed by atoms with Gasteiger partial charge in [0.15, 0.2) is 0 Å². The maximum Gasteiger partial charge on any atom is 0.119 e. The lowest BCUT2D eigenvalue weighted by molar-refractivity contribution is 0.469. The van der Waals surface area contributed by atoms with Crippen LogP contribution in [-0.2, 0) is 12.8 Å². The minimum atomic E-state index is 0.391. The molecule has 0 amide bonds. The molecule has 0 saturated carbocycles. The van der Waals surface area contributed by atoms with Crippen molar-refractivity contribution in [2.75, 3.05) is 0 Å². The molecule has 0 aliphatic carbocycles. The van der Waals surface area contributed by atoms with E-state index in [1.54, 1.807) is 0 Å². The van der Waals surface area contributed by atoms with Crippen LogP contribution in [0.4, 0.5) is 0 Å². The highest BCUT2D eigenvalue weighted by atomic mass is 16.3. The van der Waals surface area contributed by atoms with Crippen molar-refractivity contribution in [3.63, 3.8) is 0 Å². The Balaban J connectivity index is 2.21. The second kappa shape index (κ2) is 9.63. The number of aromatic hydroxyl groups is 1. The highest BCUT2D eigenvalue weighted by Crippen LogP contribution is 2.21. The van der Waals surface area contributed by atoms with Gasteiger partial charge in [-0.3, -0.25) is 0 Å². The van der Waals surface area contributed by atoms with E-state index >= 15 is 0 Å². The van der Waals surface area contributed by atoms with E-state index in [0.717, 1.165) is 24.3 Å². The standard InChI is InChI=1S/C19H30O/c1-4-10-18-15-17(13-14-19(18)20)12-9-7-5-6-8-11-16(2)3/h4,13-16,20H,1,5-12H2,2-3H3. The monoisotopic (exact) mass is 274 g/mol. The van der Waals surface area contributed by atoms with Gasteiger partial charge in [-0.1, -0.05) is 64.2 Å². The molecule has 0 fully saturated rings. The Kier molecular flexibility index (Phi) is 8.10. The minimum absolute atomic E-state index is 0.391. The molecule has 1 rings (SSSR count). The van der Waals surface area contributed by atoms with Gasteiger partial charge in [0.05, 0.1) is 0 Å². The molecule has 1 N–H and O–H groups in total. The fourth-order valence-electron chi connectivity index (χ4n) is 2.53. The van der Waals surface area contributed by atoms with Crippen LogP contribution in [0.5, 0.6) is 5.75 Å². The maximum absolute atomic E-state index is 9.73. The molecule has 0 aliphatic rings. The predicted octanol–water partition coefficient (Wildman–Crippen LogP) is 5.66. The summed E-state index contributed by atoms with van der Waals surface area (Å²) >= 11 is 0. The summed E-state index contributed by atoms with van der Waals surface area (Å²) in [6.45, 7) is 8.33. The molecule has 1 aromatic rings. The quantitative estimate of drug-likeness (QED) is 0.431. The van der Waals surface area contributed by atoms with Crippen LogP contribution in [0.3, 0.4) is 0 Å². The van der Waals surface area contributed by atoms with Crippen molar-refractivity contribution in [2.24, 2.45) is 5.92 Å². The first-order valence-electron chi connectivity index (χ1n) is 8.05. The molecule has 1 aromatic carbocycles. The van der Waals surface area contributed by atoms with Gasteiger partial charge in [0.25, 0.3) is 0 Å². The second-order valence-corrected chi connectivity index (χ2v) is 6.16. The molecule has 0 atom stereocenters. The molecule has 0 radical (unpaired) electrons. The van der Waals surface area contributed by atoms with Gasteiger partial charge in [-0.25, -0.2) is 0 Å². The number of allylic oxidation sites excluding steroid dienone is 1. The summed E-state index contributed by atoms with van der Waals surface area (Å²) in [5.41, 5.74) is 2.33. The predicted molar refractivity (Wildman–Crippen MR) is 88.3 cm³/mol. The third-order valence-corrected chi connectivity index (χ3v) is 3.76. The highest BCUT2D eigenvalue weighted by molar-refractivity contribution is 5.37. The number of phenols is 1. The van der Waals surface area contributed by atoms with Gasteiger partial charge in [-0.2, -0.15) is 0 Å². The Hall–Kier alpha value is -1.24. The van der Waals surface area contributed by atoms with Crippen LogP contribution in [-0.4, -0.2) is 5.11 Å². The van der Waals surface area contributed by atoms with Crippen molar-refractivity contribution in [3.8, 4) is 5.75 Å². The van der Waals surface area contributed by atoms with Crippen LogP contribution >= 0.6 is 0 Å². The summed E-state index contributed by atoms with van der Waals surface area (Å²) in [7, 11) is 0. The van der Waals surface area contributed by atoms with Crippen molar-refractivity contribution >= 4 is 0 Å². The SMILES string of the molecule is C=CCc1cc(CCCCCCCC(C)C)ccc1O. The normalized spacial score (nSPS) is 10.9. The van der Waals surface area contributed by atoms with E-state index in [1.807, 2.05) is 18.2 Å². The third kappa shape index (κ3) is 6.79. The van der Waals surface area contributed by atoms with Crippen LogP contribution < -0.4 is 0 Å². The Morgan fingerprint density at radius 1 is 1.10 bits per heavy atom. The number of hydrogen-bond donors (Lipinski definition) is 1. The first-order valence-corrected chi connectivity index (χ1v) is 8.05. The summed E-state index contributed by atoms with van der Waals surface area (Å²) in [6, 6.07) is 5.98. The van der Waals surface area contributed by atoms with E-state index in [-0.39, 0.29) is 0 Å². The largest absolute Gasteiger partial charge is 0.508 e. The number of unbranched alkanes of at least 4 members (excludes halogenated alkanes) is 4. The molecule has 0 aliphatic heterocycles. The molecule has 0 bridgehead atoms. The molecule has 0 unspecified atom stereocenters. The summed E-state index contributed by atoms with van der Waals surface area (Å²) in [5.74, 6) is 1.23. The average Bonchev–Trinajstić information content (AvgIpc) is 2.41. The van der Waals surface area contributed by atoms with Crippen molar-refractivity contribution in [1.29, 1.82) is 0 Å². The first-order chi connectivity index (χ1) is 9.63. The fourth-order valence-corrected chi connectivity index (χ4v) is 2.53. The Labute approximate surface area is 124 Å². The maximum atomic E-state index is 9.73. The molecule has 1 nitrogen and oxygen atoms in total. The van der Waals surface area contributed by atoms with Gasteiger partial charge in [0.2, 0.25) is 0 Å². The molecule has 0 aromatic heterocycles. The summed E-state index contributed by atoms with van der Waals surface area (Å²) in [5, 5.41) is 9.73. The van der Waals surface area contributed by atoms with Gasteiger partial charge >= 0.3 is 0 Å². The van der Waals surface area contributed by atoms with Crippen LogP contribution in [0, 0.1) is 5.92 Å². The molecular weight excluding hydrogens is 244 g/mol. The van der Waals surface area contributed by atoms with Gasteiger partial charge < -0.3 is 5.11 Å². The number of rotatable bonds is 10. The average molecular weight is 274 g/mol. The van der Waals surface area contributed by atoms with E-state index in [1.165, 1.54) is 44.1 Å². The van der Waals surface area contributed by atoms with Crippen LogP contribution in [0.15, 0.2) is 30.9 Å². The third-order valence-electron chi connectivity index (χ3n) is 3.76. The zero-order valence-electron chi connectivity index (χ0n) is 13.2. The zero-order valence-corrected chi connectivity index (χ0v) is 13.2. The molecule has 112 valence electrons. The molecule has 0 spiro atoms. The number of benzene rings is 1. The Morgan fingerprint density at radius 3 is 2.50 bits per heavy atom. The molecule has 20 heavy (non-hydrogen) atoms. The Bertz CT molecular complexity index is 393. The van der Waals surface area contributed by atoms with Crippen molar-refractivity contribution in [1.82, 2.24) is 0 Å². The van der Waals surface area contributed by atoms with Gasteiger partial charge in [0.1, 0.15) is 5.75 Å². The number of hydrogen-bond acceptors (Lipinski definition) is 1. The zero-order chi connectivity index (χ0) is 14.8. The highest BCUT2D eigenvalue weighted by Gasteiger charge is 2.01. The lowest BCUT2D eigenvalue weighted by Crippen LogP contribution is -1.91. The number of phenolic OH excluding ortho intramolecular Hbond substituents is 1. The summed E-state index contributed by atoms with van der Waals surface area (Å²) in [6.07, 6.45) is 11.7. The van der Waals surface area contributed by atoms with Gasteiger partial charge in [-0.15, -0.1) is 6.58 Å². The smallest absolute Gasteiger partial charge is 0.119 e. The summed E-state index contributed by atoms with van der Waals surface area (Å²) < 4.78 is 0. The minimum Gasteiger partial charge on any atom is -0.508 e. The lowest BCUT2D eigenvalue weighted by Gasteiger charge is -2.07. The molecule has 0 heterocycles. The van der Waals surface area contributed by atoms with Crippen LogP contribution in [0.1, 0.15) is 63.5 Å². The van der Waals surface area contributed by atoms with Crippen LogP contribution in [0.25, 0.3) is 0 Å². The van der Waals surface area contributed by atoms with E-state index in [9.17, 15) is 5.11 Å². The topological polar surface area (TPSA) is 20.2 Å². The second-order valence-electron chi connectivity index (χ2n) is 6.16. The summed E-state index contributed by atoms with van der Waals surface area (Å²) in [4.78, 5) is 0. The Morgan fingerprint density at radius 2 is 1.80 bits per heavy atom. The molecule has 1 heteroatoms. The molecule has 0 saturated heterocycles. The fraction of sp³-hybridized carbons (Fsp3) is 0.579. The van der Waals surface area contributed by atoms with Crippen molar-refractivity contribution < 1.29 is 5.11 Å². The van der Waals surface area contributed by atoms with Crippen LogP contribution in [0.2, 0.25) is 0 Å². The van der Waals surface area contributed by atoms with Crippen molar-refractivity contribution in [2.45, 2.75) is 65.2 Å². The van der Waals surface area contributed by atoms with Gasteiger partial charge in [-0.05, 0) is 42.4 Å². The number of aryl methyl sites for hydroxylation is 1. The lowest BCUT2D eigenvalue weighted by atomic mass is 10.0. The van der Waals surface area contributed by atoms with E-state index in [4.69, 9.17) is 0 Å². The van der Waals surface area contributed by atoms with E-state index < -0.39 is 0 Å². The van der Waals surface area contributed by atoms with E-state index in [2.05, 4.69) is 26.5 Å². The van der Waals surface area contributed by atoms with E-state index in [0.29, 0.717) is 5.75 Å². The molecular formula is C19H30O. The van der Waals surface area contributed by atoms with Crippen molar-refractivity contribution in [3.05, 3.63) is 42.0 Å².